The smallest absolute Gasteiger partial charge is 0.293 e. The fourth-order valence-corrected chi connectivity index (χ4v) is 3.16. The van der Waals surface area contributed by atoms with Crippen LogP contribution in [0.4, 0.5) is 11.4 Å². The maximum Gasteiger partial charge on any atom is 0.293 e. The minimum absolute atomic E-state index is 0.185. The lowest BCUT2D eigenvalue weighted by Gasteiger charge is -2.15. The Morgan fingerprint density at radius 2 is 1.97 bits per heavy atom. The number of nitrogens with one attached hydrogen (secondary N) is 2. The molecule has 1 amide bonds. The summed E-state index contributed by atoms with van der Waals surface area (Å²) >= 11 is 0. The molecule has 172 valence electrons. The summed E-state index contributed by atoms with van der Waals surface area (Å²) in [7, 11) is 0. The minimum atomic E-state index is -0.509. The lowest BCUT2D eigenvalue weighted by atomic mass is 10.1. The molecule has 0 fully saturated rings. The molecular formula is C24H27N5O4. The molecule has 2 heterocycles. The molecule has 3 rings (SSSR count). The normalized spacial score (nSPS) is 11.5. The molecule has 0 aliphatic rings. The first kappa shape index (κ1) is 23.6. The van der Waals surface area contributed by atoms with Crippen molar-refractivity contribution in [3.05, 3.63) is 87.9 Å². The molecule has 33 heavy (non-hydrogen) atoms. The van der Waals surface area contributed by atoms with Crippen molar-refractivity contribution in [3.63, 3.8) is 0 Å². The number of nitro groups is 1. The van der Waals surface area contributed by atoms with Crippen LogP contribution in [0.5, 0.6) is 5.88 Å². The summed E-state index contributed by atoms with van der Waals surface area (Å²) in [5.74, 6) is 0.0473. The van der Waals surface area contributed by atoms with Crippen LogP contribution in [-0.2, 0) is 6.54 Å². The van der Waals surface area contributed by atoms with Gasteiger partial charge in [0, 0.05) is 36.1 Å². The van der Waals surface area contributed by atoms with Gasteiger partial charge >= 0.3 is 0 Å². The minimum Gasteiger partial charge on any atom is -0.477 e. The Labute approximate surface area is 192 Å². The zero-order valence-corrected chi connectivity index (χ0v) is 18.7. The third kappa shape index (κ3) is 6.49. The number of hydrogen-bond donors (Lipinski definition) is 2. The predicted octanol–water partition coefficient (Wildman–Crippen LogP) is 4.67. The van der Waals surface area contributed by atoms with Crippen molar-refractivity contribution in [2.75, 3.05) is 11.9 Å². The number of nitro benzene ring substituents is 1. The van der Waals surface area contributed by atoms with Crippen molar-refractivity contribution < 1.29 is 14.5 Å². The SMILES string of the molecule is CCCCOc1ncccc1CNC(=O)c1ccc(NC(C)c2ccccn2)c([N+](=O)[O-])c1. The molecule has 0 aliphatic carbocycles. The number of carbonyl (C=O) groups excluding carboxylic acids is 1. The van der Waals surface area contributed by atoms with Gasteiger partial charge < -0.3 is 15.4 Å². The van der Waals surface area contributed by atoms with Crippen LogP contribution in [0, 0.1) is 10.1 Å². The van der Waals surface area contributed by atoms with Gasteiger partial charge in [-0.05, 0) is 43.7 Å². The van der Waals surface area contributed by atoms with Crippen LogP contribution >= 0.6 is 0 Å². The second-order valence-corrected chi connectivity index (χ2v) is 7.46. The van der Waals surface area contributed by atoms with E-state index in [-0.39, 0.29) is 23.8 Å². The molecule has 0 aliphatic heterocycles. The highest BCUT2D eigenvalue weighted by molar-refractivity contribution is 5.95. The summed E-state index contributed by atoms with van der Waals surface area (Å²) in [6.45, 7) is 4.67. The first-order chi connectivity index (χ1) is 16.0. The van der Waals surface area contributed by atoms with Gasteiger partial charge in [-0.1, -0.05) is 25.5 Å². The molecule has 2 aromatic heterocycles. The van der Waals surface area contributed by atoms with E-state index in [1.807, 2.05) is 25.1 Å². The zero-order chi connectivity index (χ0) is 23.6. The molecule has 1 aromatic carbocycles. The molecule has 9 heteroatoms. The number of amides is 1. The van der Waals surface area contributed by atoms with Gasteiger partial charge in [-0.2, -0.15) is 0 Å². The maximum absolute atomic E-state index is 12.7. The summed E-state index contributed by atoms with van der Waals surface area (Å²) < 4.78 is 5.69. The van der Waals surface area contributed by atoms with Crippen LogP contribution < -0.4 is 15.4 Å². The van der Waals surface area contributed by atoms with Crippen LogP contribution in [0.15, 0.2) is 60.9 Å². The Morgan fingerprint density at radius 3 is 2.70 bits per heavy atom. The topological polar surface area (TPSA) is 119 Å². The molecule has 1 atom stereocenters. The Bertz CT molecular complexity index is 1090. The quantitative estimate of drug-likeness (QED) is 0.248. The Morgan fingerprint density at radius 1 is 1.15 bits per heavy atom. The fraction of sp³-hybridized carbons (Fsp3) is 0.292. The monoisotopic (exact) mass is 449 g/mol. The van der Waals surface area contributed by atoms with Crippen molar-refractivity contribution >= 4 is 17.3 Å². The molecule has 0 saturated carbocycles. The van der Waals surface area contributed by atoms with Crippen molar-refractivity contribution in [2.24, 2.45) is 0 Å². The van der Waals surface area contributed by atoms with Crippen LogP contribution in [0.25, 0.3) is 0 Å². The molecule has 3 aromatic rings. The van der Waals surface area contributed by atoms with Gasteiger partial charge in [0.1, 0.15) is 5.69 Å². The van der Waals surface area contributed by atoms with Crippen LogP contribution in [0.3, 0.4) is 0 Å². The molecule has 0 saturated heterocycles. The van der Waals surface area contributed by atoms with E-state index >= 15 is 0 Å². The van der Waals surface area contributed by atoms with Gasteiger partial charge in [-0.25, -0.2) is 4.98 Å². The van der Waals surface area contributed by atoms with Gasteiger partial charge in [0.25, 0.3) is 11.6 Å². The Balaban J connectivity index is 1.70. The Hall–Kier alpha value is -4.01. The first-order valence-corrected chi connectivity index (χ1v) is 10.8. The number of nitrogens with zero attached hydrogens (tertiary/aromatic N) is 3. The van der Waals surface area contributed by atoms with E-state index in [0.29, 0.717) is 18.2 Å². The summed E-state index contributed by atoms with van der Waals surface area (Å²) in [5, 5.41) is 17.5. The predicted molar refractivity (Wildman–Crippen MR) is 125 cm³/mol. The zero-order valence-electron chi connectivity index (χ0n) is 18.7. The van der Waals surface area contributed by atoms with E-state index < -0.39 is 10.8 Å². The number of unbranched alkanes of at least 4 members (excludes halogenated alkanes) is 1. The van der Waals surface area contributed by atoms with Crippen molar-refractivity contribution in [3.8, 4) is 5.88 Å². The number of rotatable bonds is 11. The van der Waals surface area contributed by atoms with E-state index in [1.165, 1.54) is 12.1 Å². The van der Waals surface area contributed by atoms with Crippen LogP contribution in [0.2, 0.25) is 0 Å². The molecule has 0 spiro atoms. The first-order valence-electron chi connectivity index (χ1n) is 10.8. The molecule has 2 N–H and O–H groups in total. The third-order valence-corrected chi connectivity index (χ3v) is 4.99. The van der Waals surface area contributed by atoms with E-state index in [2.05, 4.69) is 27.5 Å². The number of benzene rings is 1. The second kappa shape index (κ2) is 11.6. The van der Waals surface area contributed by atoms with E-state index in [4.69, 9.17) is 4.74 Å². The van der Waals surface area contributed by atoms with E-state index in [0.717, 1.165) is 24.1 Å². The number of carbonyl (C=O) groups is 1. The lowest BCUT2D eigenvalue weighted by molar-refractivity contribution is -0.384. The summed E-state index contributed by atoms with van der Waals surface area (Å²) in [6.07, 6.45) is 5.21. The van der Waals surface area contributed by atoms with Gasteiger partial charge in [0.2, 0.25) is 5.88 Å². The highest BCUT2D eigenvalue weighted by Gasteiger charge is 2.20. The van der Waals surface area contributed by atoms with Gasteiger partial charge in [-0.15, -0.1) is 0 Å². The molecule has 0 radical (unpaired) electrons. The molecule has 0 bridgehead atoms. The number of aromatic nitrogens is 2. The maximum atomic E-state index is 12.7. The largest absolute Gasteiger partial charge is 0.477 e. The number of hydrogen-bond acceptors (Lipinski definition) is 7. The lowest BCUT2D eigenvalue weighted by Crippen LogP contribution is -2.23. The molecule has 9 nitrogen and oxygen atoms in total. The molecular weight excluding hydrogens is 422 g/mol. The van der Waals surface area contributed by atoms with Crippen LogP contribution in [-0.4, -0.2) is 27.4 Å². The van der Waals surface area contributed by atoms with Crippen molar-refractivity contribution in [1.82, 2.24) is 15.3 Å². The highest BCUT2D eigenvalue weighted by atomic mass is 16.6. The van der Waals surface area contributed by atoms with Crippen molar-refractivity contribution in [1.29, 1.82) is 0 Å². The van der Waals surface area contributed by atoms with E-state index in [1.54, 1.807) is 30.6 Å². The second-order valence-electron chi connectivity index (χ2n) is 7.46. The third-order valence-electron chi connectivity index (χ3n) is 4.99. The number of pyridine rings is 2. The average molecular weight is 450 g/mol. The fourth-order valence-electron chi connectivity index (χ4n) is 3.16. The average Bonchev–Trinajstić information content (AvgIpc) is 2.84. The van der Waals surface area contributed by atoms with Gasteiger partial charge in [-0.3, -0.25) is 19.9 Å². The van der Waals surface area contributed by atoms with Gasteiger partial charge in [0.05, 0.1) is 23.3 Å². The summed E-state index contributed by atoms with van der Waals surface area (Å²) in [6, 6.07) is 13.2. The van der Waals surface area contributed by atoms with Crippen molar-refractivity contribution in [2.45, 2.75) is 39.3 Å². The molecule has 1 unspecified atom stereocenters. The number of ether oxygens (including phenoxy) is 1. The standard InChI is InChI=1S/C24H27N5O4/c1-3-4-14-33-24-19(8-7-13-26-24)16-27-23(30)18-10-11-21(22(15-18)29(31)32)28-17(2)20-9-5-6-12-25-20/h5-13,15,17,28H,3-4,14,16H2,1-2H3,(H,27,30). The van der Waals surface area contributed by atoms with Crippen LogP contribution in [0.1, 0.15) is 54.3 Å². The van der Waals surface area contributed by atoms with Gasteiger partial charge in [0.15, 0.2) is 0 Å². The number of anilines is 1. The summed E-state index contributed by atoms with van der Waals surface area (Å²) in [5.41, 5.74) is 1.81. The van der Waals surface area contributed by atoms with E-state index in [9.17, 15) is 14.9 Å². The highest BCUT2D eigenvalue weighted by Crippen LogP contribution is 2.29. The summed E-state index contributed by atoms with van der Waals surface area (Å²) in [4.78, 5) is 32.3. The Kier molecular flexibility index (Phi) is 8.29.